The van der Waals surface area contributed by atoms with E-state index in [0.717, 1.165) is 6.07 Å². The van der Waals surface area contributed by atoms with Crippen LogP contribution in [0.25, 0.3) is 0 Å². The van der Waals surface area contributed by atoms with Crippen molar-refractivity contribution in [3.63, 3.8) is 0 Å². The number of rotatable bonds is 5. The molecule has 0 atom stereocenters. The highest BCUT2D eigenvalue weighted by molar-refractivity contribution is 7.89. The molecule has 0 bridgehead atoms. The van der Waals surface area contributed by atoms with Crippen LogP contribution in [-0.2, 0) is 24.3 Å². The Labute approximate surface area is 143 Å². The molecule has 1 aliphatic rings. The predicted octanol–water partition coefficient (Wildman–Crippen LogP) is -1.35. The molecule has 0 aliphatic carbocycles. The van der Waals surface area contributed by atoms with E-state index in [1.54, 1.807) is 0 Å². The first-order chi connectivity index (χ1) is 11.8. The second-order valence-corrected chi connectivity index (χ2v) is 6.91. The highest BCUT2D eigenvalue weighted by Gasteiger charge is 2.28. The molecule has 1 aromatic rings. The SMILES string of the molecule is CNC(=O)NC(=O)COC(=O)c1cc(S(=O)(=O)N2CCOCC2)c[nH]1. The maximum atomic E-state index is 12.4. The van der Waals surface area contributed by atoms with Crippen LogP contribution in [0.3, 0.4) is 0 Å². The van der Waals surface area contributed by atoms with Gasteiger partial charge in [0.2, 0.25) is 10.0 Å². The van der Waals surface area contributed by atoms with Crippen LogP contribution in [0.5, 0.6) is 0 Å². The van der Waals surface area contributed by atoms with Gasteiger partial charge in [0.05, 0.1) is 13.2 Å². The van der Waals surface area contributed by atoms with Crippen molar-refractivity contribution in [2.45, 2.75) is 4.90 Å². The van der Waals surface area contributed by atoms with Gasteiger partial charge in [-0.1, -0.05) is 0 Å². The first-order valence-electron chi connectivity index (χ1n) is 7.29. The average molecular weight is 374 g/mol. The molecule has 138 valence electrons. The van der Waals surface area contributed by atoms with Gasteiger partial charge in [-0.05, 0) is 6.07 Å². The summed E-state index contributed by atoms with van der Waals surface area (Å²) in [6, 6.07) is 0.392. The standard InChI is InChI=1S/C13H18N4O7S/c1-14-13(20)16-11(18)8-24-12(19)10-6-9(7-15-10)25(21,22)17-2-4-23-5-3-17/h6-7,15H,2-5,8H2,1H3,(H2,14,16,18,20). The number of H-pyrrole nitrogens is 1. The molecule has 1 fully saturated rings. The van der Waals surface area contributed by atoms with Crippen LogP contribution in [0, 0.1) is 0 Å². The number of carbonyl (C=O) groups is 3. The molecule has 3 N–H and O–H groups in total. The zero-order valence-electron chi connectivity index (χ0n) is 13.4. The number of nitrogens with one attached hydrogen (secondary N) is 3. The minimum atomic E-state index is -3.74. The van der Waals surface area contributed by atoms with Gasteiger partial charge in [-0.3, -0.25) is 10.1 Å². The van der Waals surface area contributed by atoms with Crippen LogP contribution in [0.2, 0.25) is 0 Å². The number of sulfonamides is 1. The zero-order valence-corrected chi connectivity index (χ0v) is 14.2. The number of imide groups is 1. The van der Waals surface area contributed by atoms with Crippen molar-refractivity contribution in [2.75, 3.05) is 40.0 Å². The monoisotopic (exact) mass is 374 g/mol. The second-order valence-electron chi connectivity index (χ2n) is 4.97. The molecule has 0 saturated carbocycles. The third-order valence-electron chi connectivity index (χ3n) is 3.30. The number of hydrogen-bond donors (Lipinski definition) is 3. The summed E-state index contributed by atoms with van der Waals surface area (Å²) in [5.74, 6) is -1.74. The topological polar surface area (TPSA) is 147 Å². The number of amides is 3. The number of hydrogen-bond acceptors (Lipinski definition) is 7. The number of aromatic amines is 1. The van der Waals surface area contributed by atoms with Crippen molar-refractivity contribution in [1.29, 1.82) is 0 Å². The van der Waals surface area contributed by atoms with Gasteiger partial charge in [-0.15, -0.1) is 0 Å². The molecule has 0 unspecified atom stereocenters. The Morgan fingerprint density at radius 1 is 1.32 bits per heavy atom. The Bertz CT molecular complexity index is 752. The molecule has 3 amide bonds. The Balaban J connectivity index is 1.97. The molecule has 2 heterocycles. The van der Waals surface area contributed by atoms with Crippen LogP contribution in [0.4, 0.5) is 4.79 Å². The van der Waals surface area contributed by atoms with E-state index in [-0.39, 0.29) is 23.7 Å². The lowest BCUT2D eigenvalue weighted by molar-refractivity contribution is -0.123. The summed E-state index contributed by atoms with van der Waals surface area (Å²) < 4.78 is 35.9. The van der Waals surface area contributed by atoms with E-state index in [2.05, 4.69) is 10.3 Å². The maximum Gasteiger partial charge on any atom is 0.355 e. The normalized spacial score (nSPS) is 15.4. The van der Waals surface area contributed by atoms with Crippen LogP contribution in [-0.4, -0.2) is 75.6 Å². The summed E-state index contributed by atoms with van der Waals surface area (Å²) in [7, 11) is -2.42. The van der Waals surface area contributed by atoms with Crippen molar-refractivity contribution in [3.05, 3.63) is 18.0 Å². The molecule has 1 aromatic heterocycles. The number of aromatic nitrogens is 1. The lowest BCUT2D eigenvalue weighted by Gasteiger charge is -2.25. The Morgan fingerprint density at radius 2 is 2.00 bits per heavy atom. The van der Waals surface area contributed by atoms with Gasteiger partial charge in [0.15, 0.2) is 6.61 Å². The van der Waals surface area contributed by atoms with Gasteiger partial charge in [0.1, 0.15) is 10.6 Å². The molecule has 25 heavy (non-hydrogen) atoms. The highest BCUT2D eigenvalue weighted by atomic mass is 32.2. The summed E-state index contributed by atoms with van der Waals surface area (Å²) in [5.41, 5.74) is -0.125. The first kappa shape index (κ1) is 18.9. The maximum absolute atomic E-state index is 12.4. The largest absolute Gasteiger partial charge is 0.451 e. The van der Waals surface area contributed by atoms with Crippen molar-refractivity contribution in [3.8, 4) is 0 Å². The Kier molecular flexibility index (Phi) is 6.12. The summed E-state index contributed by atoms with van der Waals surface area (Å²) in [5, 5.41) is 4.09. The minimum absolute atomic E-state index is 0.0869. The van der Waals surface area contributed by atoms with E-state index in [4.69, 9.17) is 9.47 Å². The van der Waals surface area contributed by atoms with E-state index < -0.39 is 34.5 Å². The smallest absolute Gasteiger partial charge is 0.355 e. The van der Waals surface area contributed by atoms with Crippen LogP contribution in [0.1, 0.15) is 10.5 Å². The minimum Gasteiger partial charge on any atom is -0.451 e. The van der Waals surface area contributed by atoms with Gasteiger partial charge in [0, 0.05) is 26.3 Å². The number of nitrogens with zero attached hydrogens (tertiary/aromatic N) is 1. The quantitative estimate of drug-likeness (QED) is 0.540. The van der Waals surface area contributed by atoms with Gasteiger partial charge in [-0.2, -0.15) is 4.31 Å². The number of esters is 1. The van der Waals surface area contributed by atoms with Crippen molar-refractivity contribution < 1.29 is 32.3 Å². The Hall–Kier alpha value is -2.44. The second kappa shape index (κ2) is 8.09. The van der Waals surface area contributed by atoms with Gasteiger partial charge in [-0.25, -0.2) is 18.0 Å². The summed E-state index contributed by atoms with van der Waals surface area (Å²) in [4.78, 5) is 36.6. The molecule has 12 heteroatoms. The zero-order chi connectivity index (χ0) is 18.4. The van der Waals surface area contributed by atoms with Crippen LogP contribution >= 0.6 is 0 Å². The lowest BCUT2D eigenvalue weighted by Crippen LogP contribution is -2.40. The first-order valence-corrected chi connectivity index (χ1v) is 8.73. The van der Waals surface area contributed by atoms with Crippen molar-refractivity contribution in [2.24, 2.45) is 0 Å². The lowest BCUT2D eigenvalue weighted by atomic mass is 10.4. The van der Waals surface area contributed by atoms with E-state index >= 15 is 0 Å². The Morgan fingerprint density at radius 3 is 2.64 bits per heavy atom. The third kappa shape index (κ3) is 4.78. The average Bonchev–Trinajstić information content (AvgIpc) is 3.11. The number of ether oxygens (including phenoxy) is 2. The molecule has 11 nitrogen and oxygen atoms in total. The van der Waals surface area contributed by atoms with Crippen LogP contribution in [0.15, 0.2) is 17.2 Å². The molecule has 0 spiro atoms. The molecule has 1 aliphatic heterocycles. The van der Waals surface area contributed by atoms with E-state index in [1.165, 1.54) is 17.5 Å². The number of urea groups is 1. The fourth-order valence-corrected chi connectivity index (χ4v) is 3.41. The fraction of sp³-hybridized carbons (Fsp3) is 0.462. The van der Waals surface area contributed by atoms with Crippen LogP contribution < -0.4 is 10.6 Å². The molecular formula is C13H18N4O7S. The molecule has 1 saturated heterocycles. The van der Waals surface area contributed by atoms with E-state index in [1.807, 2.05) is 5.32 Å². The van der Waals surface area contributed by atoms with Gasteiger partial charge < -0.3 is 19.8 Å². The molecular weight excluding hydrogens is 356 g/mol. The molecule has 0 aromatic carbocycles. The fourth-order valence-electron chi connectivity index (χ4n) is 2.01. The molecule has 0 radical (unpaired) electrons. The number of morpholine rings is 1. The van der Waals surface area contributed by atoms with E-state index in [0.29, 0.717) is 13.2 Å². The van der Waals surface area contributed by atoms with Gasteiger partial charge >= 0.3 is 12.0 Å². The number of carbonyl (C=O) groups excluding carboxylic acids is 3. The summed E-state index contributed by atoms with van der Waals surface area (Å²) in [6.45, 7) is 0.384. The predicted molar refractivity (Wildman–Crippen MR) is 83.3 cm³/mol. The third-order valence-corrected chi connectivity index (χ3v) is 5.18. The highest BCUT2D eigenvalue weighted by Crippen LogP contribution is 2.18. The summed E-state index contributed by atoms with van der Waals surface area (Å²) in [6.07, 6.45) is 1.17. The van der Waals surface area contributed by atoms with E-state index in [9.17, 15) is 22.8 Å². The van der Waals surface area contributed by atoms with Gasteiger partial charge in [0.25, 0.3) is 5.91 Å². The molecule has 2 rings (SSSR count). The summed E-state index contributed by atoms with van der Waals surface area (Å²) >= 11 is 0. The van der Waals surface area contributed by atoms with Crippen molar-refractivity contribution in [1.82, 2.24) is 19.9 Å². The van der Waals surface area contributed by atoms with Crippen molar-refractivity contribution >= 4 is 27.9 Å².